The summed E-state index contributed by atoms with van der Waals surface area (Å²) in [5.74, 6) is 0.385. The minimum atomic E-state index is -0.488. The first kappa shape index (κ1) is 20.3. The van der Waals surface area contributed by atoms with E-state index in [2.05, 4.69) is 15.6 Å². The number of carbonyl (C=O) groups excluding carboxylic acids is 2. The van der Waals surface area contributed by atoms with Crippen LogP contribution < -0.4 is 10.2 Å². The van der Waals surface area contributed by atoms with E-state index in [0.717, 1.165) is 24.5 Å². The van der Waals surface area contributed by atoms with Gasteiger partial charge in [-0.3, -0.25) is 29.9 Å². The lowest BCUT2D eigenvalue weighted by molar-refractivity contribution is -0.384. The van der Waals surface area contributed by atoms with E-state index in [-0.39, 0.29) is 36.2 Å². The average molecular weight is 424 g/mol. The monoisotopic (exact) mass is 424 g/mol. The van der Waals surface area contributed by atoms with E-state index in [1.807, 2.05) is 17.7 Å². The van der Waals surface area contributed by atoms with Gasteiger partial charge in [-0.25, -0.2) is 4.68 Å². The summed E-state index contributed by atoms with van der Waals surface area (Å²) in [6, 6.07) is 9.21. The normalized spacial score (nSPS) is 13.0. The second-order valence-electron chi connectivity index (χ2n) is 7.19. The fourth-order valence-electron chi connectivity index (χ4n) is 3.44. The Morgan fingerprint density at radius 3 is 2.71 bits per heavy atom. The van der Waals surface area contributed by atoms with Gasteiger partial charge in [-0.05, 0) is 25.5 Å². The van der Waals surface area contributed by atoms with E-state index in [1.54, 1.807) is 17.0 Å². The van der Waals surface area contributed by atoms with Gasteiger partial charge in [-0.1, -0.05) is 5.16 Å². The number of fused-ring (bicyclic) bond motifs is 1. The Balaban J connectivity index is 1.32. The third-order valence-corrected chi connectivity index (χ3v) is 4.92. The Kier molecular flexibility index (Phi) is 5.48. The predicted molar refractivity (Wildman–Crippen MR) is 110 cm³/mol. The molecule has 1 aromatic carbocycles. The number of hydrogen-bond donors (Lipinski definition) is 1. The number of nitrogens with one attached hydrogen (secondary N) is 1. The highest BCUT2D eigenvalue weighted by molar-refractivity contribution is 5.97. The average Bonchev–Trinajstić information content (AvgIpc) is 3.37. The molecule has 0 spiro atoms. The molecular formula is C20H20N6O5. The summed E-state index contributed by atoms with van der Waals surface area (Å²) in [4.78, 5) is 36.8. The Morgan fingerprint density at radius 2 is 1.97 bits per heavy atom. The van der Waals surface area contributed by atoms with Crippen LogP contribution in [0.25, 0.3) is 11.3 Å². The predicted octanol–water partition coefficient (Wildman–Crippen LogP) is 2.91. The van der Waals surface area contributed by atoms with Gasteiger partial charge in [-0.2, -0.15) is 5.10 Å². The molecule has 0 bridgehead atoms. The van der Waals surface area contributed by atoms with Crippen LogP contribution in [0.1, 0.15) is 25.0 Å². The van der Waals surface area contributed by atoms with Crippen molar-refractivity contribution in [1.29, 1.82) is 0 Å². The number of carbonyl (C=O) groups is 2. The summed E-state index contributed by atoms with van der Waals surface area (Å²) >= 11 is 0. The van der Waals surface area contributed by atoms with Crippen LogP contribution in [0.5, 0.6) is 0 Å². The molecule has 0 radical (unpaired) electrons. The zero-order chi connectivity index (χ0) is 22.0. The second kappa shape index (κ2) is 8.38. The Labute approximate surface area is 176 Å². The van der Waals surface area contributed by atoms with Crippen molar-refractivity contribution in [1.82, 2.24) is 14.9 Å². The Morgan fingerprint density at radius 1 is 1.19 bits per heavy atom. The van der Waals surface area contributed by atoms with E-state index in [9.17, 15) is 19.7 Å². The molecule has 0 saturated carbocycles. The molecule has 1 aliphatic rings. The molecule has 0 fully saturated rings. The highest BCUT2D eigenvalue weighted by Crippen LogP contribution is 2.25. The number of nitro groups is 1. The van der Waals surface area contributed by atoms with E-state index >= 15 is 0 Å². The first-order chi connectivity index (χ1) is 14.9. The molecule has 2 aromatic heterocycles. The summed E-state index contributed by atoms with van der Waals surface area (Å²) in [5.41, 5.74) is 1.86. The lowest BCUT2D eigenvalue weighted by atomic mass is 10.1. The number of amides is 2. The third kappa shape index (κ3) is 4.44. The van der Waals surface area contributed by atoms with Gasteiger partial charge in [0.1, 0.15) is 11.5 Å². The molecule has 31 heavy (non-hydrogen) atoms. The van der Waals surface area contributed by atoms with Gasteiger partial charge in [-0.15, -0.1) is 0 Å². The van der Waals surface area contributed by atoms with Crippen LogP contribution in [-0.4, -0.2) is 38.2 Å². The zero-order valence-electron chi connectivity index (χ0n) is 16.8. The van der Waals surface area contributed by atoms with Crippen molar-refractivity contribution >= 4 is 29.2 Å². The molecule has 1 N–H and O–H groups in total. The number of nitrogens with zero attached hydrogens (tertiary/aromatic N) is 5. The molecule has 160 valence electrons. The van der Waals surface area contributed by atoms with Crippen molar-refractivity contribution < 1.29 is 19.0 Å². The van der Waals surface area contributed by atoms with Crippen molar-refractivity contribution in [3.05, 3.63) is 52.2 Å². The minimum absolute atomic E-state index is 0.00395. The second-order valence-corrected chi connectivity index (χ2v) is 7.19. The molecule has 11 nitrogen and oxygen atoms in total. The molecule has 3 heterocycles. The molecule has 2 amide bonds. The minimum Gasteiger partial charge on any atom is -0.338 e. The highest BCUT2D eigenvalue weighted by Gasteiger charge is 2.24. The molecule has 1 aliphatic heterocycles. The van der Waals surface area contributed by atoms with E-state index in [1.165, 1.54) is 18.2 Å². The van der Waals surface area contributed by atoms with E-state index < -0.39 is 4.92 Å². The fourth-order valence-corrected chi connectivity index (χ4v) is 3.44. The number of nitro benzene ring substituents is 1. The van der Waals surface area contributed by atoms with Gasteiger partial charge in [0.05, 0.1) is 10.6 Å². The van der Waals surface area contributed by atoms with Gasteiger partial charge < -0.3 is 4.52 Å². The van der Waals surface area contributed by atoms with Crippen molar-refractivity contribution in [3.63, 3.8) is 0 Å². The number of aryl methyl sites for hydroxylation is 2. The van der Waals surface area contributed by atoms with Crippen LogP contribution >= 0.6 is 0 Å². The smallest absolute Gasteiger partial charge is 0.269 e. The van der Waals surface area contributed by atoms with E-state index in [4.69, 9.17) is 4.52 Å². The number of hydrogen-bond acceptors (Lipinski definition) is 7. The fraction of sp³-hybridized carbons (Fsp3) is 0.300. The summed E-state index contributed by atoms with van der Waals surface area (Å²) in [5, 5.41) is 21.5. The van der Waals surface area contributed by atoms with Crippen LogP contribution in [0.2, 0.25) is 0 Å². The first-order valence-corrected chi connectivity index (χ1v) is 9.77. The molecule has 11 heteroatoms. The van der Waals surface area contributed by atoms with Crippen LogP contribution in [0, 0.1) is 17.0 Å². The standard InChI is InChI=1S/C20H20N6O5/c1-13-11-19-24(9-2-10-25(19)22-13)20(28)8-7-17(27)21-18-12-16(23-31-18)14-3-5-15(6-4-14)26(29)30/h3-6,11-12H,2,7-10H2,1H3,(H,21,27). The van der Waals surface area contributed by atoms with Crippen LogP contribution in [0.4, 0.5) is 17.4 Å². The van der Waals surface area contributed by atoms with Crippen LogP contribution in [0.15, 0.2) is 40.9 Å². The zero-order valence-corrected chi connectivity index (χ0v) is 16.8. The quantitative estimate of drug-likeness (QED) is 0.474. The molecule has 0 saturated heterocycles. The maximum absolute atomic E-state index is 12.6. The lowest BCUT2D eigenvalue weighted by Gasteiger charge is -2.27. The van der Waals surface area contributed by atoms with Gasteiger partial charge in [0.2, 0.25) is 17.7 Å². The Bertz CT molecular complexity index is 1130. The summed E-state index contributed by atoms with van der Waals surface area (Å²) < 4.78 is 6.93. The molecule has 0 unspecified atom stereocenters. The maximum atomic E-state index is 12.6. The number of anilines is 2. The van der Waals surface area contributed by atoms with E-state index in [0.29, 0.717) is 17.8 Å². The van der Waals surface area contributed by atoms with Crippen LogP contribution in [-0.2, 0) is 16.1 Å². The summed E-state index contributed by atoms with van der Waals surface area (Å²) in [6.07, 6.45) is 0.866. The number of aromatic nitrogens is 3. The van der Waals surface area contributed by atoms with Crippen molar-refractivity contribution in [2.24, 2.45) is 0 Å². The summed E-state index contributed by atoms with van der Waals surface area (Å²) in [7, 11) is 0. The lowest BCUT2D eigenvalue weighted by Crippen LogP contribution is -2.37. The molecule has 0 aliphatic carbocycles. The molecule has 3 aromatic rings. The number of benzene rings is 1. The van der Waals surface area contributed by atoms with Crippen LogP contribution in [0.3, 0.4) is 0 Å². The highest BCUT2D eigenvalue weighted by atomic mass is 16.6. The SMILES string of the molecule is Cc1cc2n(n1)CCCN2C(=O)CCC(=O)Nc1cc(-c2ccc([N+](=O)[O-])cc2)no1. The summed E-state index contributed by atoms with van der Waals surface area (Å²) in [6.45, 7) is 3.26. The topological polar surface area (TPSA) is 136 Å². The van der Waals surface area contributed by atoms with Gasteiger partial charge in [0.15, 0.2) is 0 Å². The largest absolute Gasteiger partial charge is 0.338 e. The molecular weight excluding hydrogens is 404 g/mol. The van der Waals surface area contributed by atoms with Gasteiger partial charge in [0.25, 0.3) is 5.69 Å². The van der Waals surface area contributed by atoms with Crippen molar-refractivity contribution in [3.8, 4) is 11.3 Å². The van der Waals surface area contributed by atoms with Crippen molar-refractivity contribution in [2.45, 2.75) is 32.7 Å². The molecule has 4 rings (SSSR count). The van der Waals surface area contributed by atoms with Crippen molar-refractivity contribution in [2.75, 3.05) is 16.8 Å². The first-order valence-electron chi connectivity index (χ1n) is 9.77. The third-order valence-electron chi connectivity index (χ3n) is 4.92. The van der Waals surface area contributed by atoms with Gasteiger partial charge >= 0.3 is 0 Å². The number of rotatable bonds is 6. The van der Waals surface area contributed by atoms with Gasteiger partial charge in [0, 0.05) is 55.8 Å². The maximum Gasteiger partial charge on any atom is 0.269 e. The molecule has 0 atom stereocenters. The number of non-ortho nitro benzene ring substituents is 1. The Hall–Kier alpha value is -4.02.